The van der Waals surface area contributed by atoms with Crippen molar-refractivity contribution in [3.63, 3.8) is 0 Å². The Balaban J connectivity index is 1.57. The fourth-order valence-electron chi connectivity index (χ4n) is 4.14. The van der Waals surface area contributed by atoms with Gasteiger partial charge in [-0.05, 0) is 73.2 Å². The molecular weight excluding hydrogens is 482 g/mol. The Kier molecular flexibility index (Phi) is 8.32. The van der Waals surface area contributed by atoms with Crippen LogP contribution in [0.2, 0.25) is 0 Å². The molecule has 1 fully saturated rings. The molecule has 0 radical (unpaired) electrons. The Morgan fingerprint density at radius 3 is 2.38 bits per heavy atom. The van der Waals surface area contributed by atoms with Crippen LogP contribution in [0, 0.1) is 25.2 Å². The van der Waals surface area contributed by atoms with Crippen molar-refractivity contribution < 1.29 is 14.3 Å². The maximum atomic E-state index is 13.6. The van der Waals surface area contributed by atoms with Gasteiger partial charge < -0.3 is 10.1 Å². The second-order valence-corrected chi connectivity index (χ2v) is 10.1. The molecule has 1 aliphatic rings. The number of carbonyl (C=O) groups excluding carboxylic acids is 2. The molecule has 1 aliphatic heterocycles. The molecule has 4 rings (SSSR count). The highest BCUT2D eigenvalue weighted by Crippen LogP contribution is 2.41. The first-order valence-electron chi connectivity index (χ1n) is 12.1. The first-order valence-corrected chi connectivity index (χ1v) is 13.0. The van der Waals surface area contributed by atoms with Crippen molar-refractivity contribution in [1.82, 2.24) is 5.32 Å². The summed E-state index contributed by atoms with van der Waals surface area (Å²) in [6, 6.07) is 25.0. The van der Waals surface area contributed by atoms with E-state index in [1.54, 1.807) is 7.11 Å². The number of anilines is 1. The average molecular weight is 512 g/mol. The molecule has 1 saturated heterocycles. The van der Waals surface area contributed by atoms with Gasteiger partial charge >= 0.3 is 0 Å². The Labute approximate surface area is 221 Å². The van der Waals surface area contributed by atoms with E-state index in [1.807, 2.05) is 67.6 Å². The van der Waals surface area contributed by atoms with Crippen molar-refractivity contribution in [2.75, 3.05) is 18.6 Å². The van der Waals surface area contributed by atoms with Crippen LogP contribution in [-0.4, -0.2) is 30.7 Å². The zero-order valence-electron chi connectivity index (χ0n) is 21.2. The highest BCUT2D eigenvalue weighted by molar-refractivity contribution is 8.05. The van der Waals surface area contributed by atoms with Gasteiger partial charge in [-0.15, -0.1) is 0 Å². The summed E-state index contributed by atoms with van der Waals surface area (Å²) in [5.41, 5.74) is 5.02. The van der Waals surface area contributed by atoms with Crippen molar-refractivity contribution in [3.8, 4) is 11.8 Å². The standard InChI is InChI=1S/C30H29N3O3S/c1-20-9-10-23(17-21(20)2)18-27-29(35)33(24-7-5-4-6-8-24)30(37-27)26(19-31)28(34)32-16-15-22-11-13-25(36-3)14-12-22/h4-14,17,27H,15-16,18H2,1-3H3,(H,32,34)/b30-26-. The van der Waals surface area contributed by atoms with E-state index >= 15 is 0 Å². The average Bonchev–Trinajstić information content (AvgIpc) is 3.22. The second kappa shape index (κ2) is 11.8. The molecule has 0 spiro atoms. The summed E-state index contributed by atoms with van der Waals surface area (Å²) in [4.78, 5) is 28.2. The number of aryl methyl sites for hydroxylation is 2. The number of carbonyl (C=O) groups is 2. The zero-order valence-corrected chi connectivity index (χ0v) is 22.0. The summed E-state index contributed by atoms with van der Waals surface area (Å²) >= 11 is 1.28. The lowest BCUT2D eigenvalue weighted by Gasteiger charge is -2.18. The summed E-state index contributed by atoms with van der Waals surface area (Å²) in [7, 11) is 1.61. The van der Waals surface area contributed by atoms with E-state index in [4.69, 9.17) is 4.74 Å². The summed E-state index contributed by atoms with van der Waals surface area (Å²) < 4.78 is 5.18. The van der Waals surface area contributed by atoms with Crippen LogP contribution in [0.5, 0.6) is 5.75 Å². The van der Waals surface area contributed by atoms with Crippen molar-refractivity contribution in [2.24, 2.45) is 0 Å². The molecular formula is C30H29N3O3S. The molecule has 0 aliphatic carbocycles. The first-order chi connectivity index (χ1) is 17.9. The molecule has 7 heteroatoms. The van der Waals surface area contributed by atoms with Gasteiger partial charge in [0.1, 0.15) is 22.4 Å². The van der Waals surface area contributed by atoms with Gasteiger partial charge in [-0.1, -0.05) is 60.3 Å². The minimum absolute atomic E-state index is 0.0560. The fraction of sp³-hybridized carbons (Fsp3) is 0.233. The molecule has 6 nitrogen and oxygen atoms in total. The summed E-state index contributed by atoms with van der Waals surface area (Å²) in [5.74, 6) is 0.144. The van der Waals surface area contributed by atoms with Gasteiger partial charge in [0.25, 0.3) is 5.91 Å². The Morgan fingerprint density at radius 1 is 1.03 bits per heavy atom. The van der Waals surface area contributed by atoms with E-state index in [0.29, 0.717) is 30.1 Å². The quantitative estimate of drug-likeness (QED) is 0.336. The monoisotopic (exact) mass is 511 g/mol. The predicted octanol–water partition coefficient (Wildman–Crippen LogP) is 5.10. The third-order valence-corrected chi connectivity index (χ3v) is 7.63. The topological polar surface area (TPSA) is 82.4 Å². The van der Waals surface area contributed by atoms with E-state index in [1.165, 1.54) is 22.2 Å². The zero-order chi connectivity index (χ0) is 26.4. The number of methoxy groups -OCH3 is 1. The molecule has 1 unspecified atom stereocenters. The van der Waals surface area contributed by atoms with Crippen LogP contribution in [0.4, 0.5) is 5.69 Å². The number of hydrogen-bond acceptors (Lipinski definition) is 5. The minimum Gasteiger partial charge on any atom is -0.497 e. The molecule has 188 valence electrons. The highest BCUT2D eigenvalue weighted by atomic mass is 32.2. The molecule has 0 aromatic heterocycles. The van der Waals surface area contributed by atoms with Crippen molar-refractivity contribution in [1.29, 1.82) is 5.26 Å². The van der Waals surface area contributed by atoms with Crippen molar-refractivity contribution in [3.05, 3.63) is 106 Å². The lowest BCUT2D eigenvalue weighted by Crippen LogP contribution is -2.32. The van der Waals surface area contributed by atoms with Crippen LogP contribution >= 0.6 is 11.8 Å². The second-order valence-electron chi connectivity index (χ2n) is 8.88. The smallest absolute Gasteiger partial charge is 0.264 e. The number of benzene rings is 3. The number of rotatable bonds is 8. The number of para-hydroxylation sites is 1. The Hall–Kier alpha value is -4.02. The van der Waals surface area contributed by atoms with Crippen LogP contribution in [0.15, 0.2) is 83.4 Å². The molecule has 37 heavy (non-hydrogen) atoms. The molecule has 1 atom stereocenters. The van der Waals surface area contributed by atoms with Crippen LogP contribution < -0.4 is 15.0 Å². The van der Waals surface area contributed by atoms with Crippen LogP contribution in [0.25, 0.3) is 0 Å². The fourth-order valence-corrected chi connectivity index (χ4v) is 5.45. The van der Waals surface area contributed by atoms with Gasteiger partial charge in [0.2, 0.25) is 5.91 Å². The lowest BCUT2D eigenvalue weighted by molar-refractivity contribution is -0.117. The normalized spacial score (nSPS) is 16.3. The van der Waals surface area contributed by atoms with Crippen molar-refractivity contribution in [2.45, 2.75) is 31.9 Å². The van der Waals surface area contributed by atoms with E-state index in [0.717, 1.165) is 22.4 Å². The van der Waals surface area contributed by atoms with E-state index in [9.17, 15) is 14.9 Å². The SMILES string of the molecule is COc1ccc(CCNC(=O)/C(C#N)=C2\SC(Cc3ccc(C)c(C)c3)C(=O)N2c2ccccc2)cc1. The van der Waals surface area contributed by atoms with Gasteiger partial charge in [0.15, 0.2) is 0 Å². The minimum atomic E-state index is -0.487. The maximum Gasteiger partial charge on any atom is 0.264 e. The number of thioether (sulfide) groups is 1. The van der Waals surface area contributed by atoms with Gasteiger partial charge in [-0.3, -0.25) is 14.5 Å². The number of nitrogens with zero attached hydrogens (tertiary/aromatic N) is 2. The number of ether oxygens (including phenoxy) is 1. The molecule has 0 bridgehead atoms. The first kappa shape index (κ1) is 26.1. The lowest BCUT2D eigenvalue weighted by atomic mass is 10.0. The summed E-state index contributed by atoms with van der Waals surface area (Å²) in [5, 5.41) is 12.8. The third-order valence-electron chi connectivity index (χ3n) is 6.37. The summed E-state index contributed by atoms with van der Waals surface area (Å²) in [6.45, 7) is 4.47. The summed E-state index contributed by atoms with van der Waals surface area (Å²) in [6.07, 6.45) is 1.11. The van der Waals surface area contributed by atoms with E-state index < -0.39 is 11.2 Å². The number of nitrogens with one attached hydrogen (secondary N) is 1. The molecule has 3 aromatic carbocycles. The third kappa shape index (κ3) is 6.04. The Morgan fingerprint density at radius 2 is 1.73 bits per heavy atom. The van der Waals surface area contributed by atoms with Crippen LogP contribution in [0.3, 0.4) is 0 Å². The number of amides is 2. The van der Waals surface area contributed by atoms with E-state index in [2.05, 4.69) is 30.4 Å². The van der Waals surface area contributed by atoms with Crippen molar-refractivity contribution >= 4 is 29.3 Å². The molecule has 1 N–H and O–H groups in total. The van der Waals surface area contributed by atoms with Gasteiger partial charge in [-0.25, -0.2) is 0 Å². The predicted molar refractivity (Wildman–Crippen MR) is 147 cm³/mol. The van der Waals surface area contributed by atoms with Crippen LogP contribution in [-0.2, 0) is 22.4 Å². The van der Waals surface area contributed by atoms with Gasteiger partial charge in [0.05, 0.1) is 12.4 Å². The van der Waals surface area contributed by atoms with E-state index in [-0.39, 0.29) is 11.5 Å². The largest absolute Gasteiger partial charge is 0.497 e. The molecule has 0 saturated carbocycles. The number of nitriles is 1. The van der Waals surface area contributed by atoms with Gasteiger partial charge in [0, 0.05) is 12.2 Å². The molecule has 1 heterocycles. The number of hydrogen-bond donors (Lipinski definition) is 1. The molecule has 3 aromatic rings. The van der Waals surface area contributed by atoms with Crippen LogP contribution in [0.1, 0.15) is 22.3 Å². The Bertz CT molecular complexity index is 1360. The highest BCUT2D eigenvalue weighted by Gasteiger charge is 2.40. The van der Waals surface area contributed by atoms with Gasteiger partial charge in [-0.2, -0.15) is 5.26 Å². The maximum absolute atomic E-state index is 13.6. The molecule has 2 amide bonds.